The van der Waals surface area contributed by atoms with Gasteiger partial charge >= 0.3 is 0 Å². The molecule has 2 N–H and O–H groups in total. The summed E-state index contributed by atoms with van der Waals surface area (Å²) in [6.45, 7) is 6.85. The Morgan fingerprint density at radius 1 is 1.24 bits per heavy atom. The molecule has 0 fully saturated rings. The lowest BCUT2D eigenvalue weighted by Crippen LogP contribution is -2.25. The normalized spacial score (nSPS) is 12.4. The lowest BCUT2D eigenvalue weighted by atomic mass is 10.2. The summed E-state index contributed by atoms with van der Waals surface area (Å²) in [5.41, 5.74) is 2.17. The van der Waals surface area contributed by atoms with Crippen LogP contribution in [0.15, 0.2) is 22.7 Å². The van der Waals surface area contributed by atoms with Crippen LogP contribution in [0, 0.1) is 6.92 Å². The van der Waals surface area contributed by atoms with E-state index < -0.39 is 6.10 Å². The summed E-state index contributed by atoms with van der Waals surface area (Å²) in [4.78, 5) is 0. The number of hydrogen-bond acceptors (Lipinski definition) is 4. The van der Waals surface area contributed by atoms with Crippen LogP contribution in [0.5, 0.6) is 0 Å². The Labute approximate surface area is 136 Å². The molecule has 0 bridgehead atoms. The number of rotatable bonds is 11. The molecule has 0 aliphatic carbocycles. The van der Waals surface area contributed by atoms with Crippen LogP contribution >= 0.6 is 15.9 Å². The van der Waals surface area contributed by atoms with Crippen LogP contribution in [0.3, 0.4) is 0 Å². The third-order valence-corrected chi connectivity index (χ3v) is 3.89. The summed E-state index contributed by atoms with van der Waals surface area (Å²) in [7, 11) is 0. The van der Waals surface area contributed by atoms with Crippen LogP contribution in [-0.4, -0.2) is 44.2 Å². The Morgan fingerprint density at radius 2 is 2.00 bits per heavy atom. The van der Waals surface area contributed by atoms with Crippen molar-refractivity contribution in [3.05, 3.63) is 28.2 Å². The Kier molecular flexibility index (Phi) is 9.67. The van der Waals surface area contributed by atoms with E-state index in [0.717, 1.165) is 29.6 Å². The molecular weight excluding hydrogens is 334 g/mol. The lowest BCUT2D eigenvalue weighted by molar-refractivity contribution is 0.00749. The molecule has 0 aromatic heterocycles. The number of unbranched alkanes of at least 4 members (excludes halogenated alkanes) is 1. The van der Waals surface area contributed by atoms with Gasteiger partial charge in [0.05, 0.1) is 25.9 Å². The van der Waals surface area contributed by atoms with E-state index in [1.165, 1.54) is 5.56 Å². The van der Waals surface area contributed by atoms with E-state index in [4.69, 9.17) is 9.47 Å². The van der Waals surface area contributed by atoms with Gasteiger partial charge in [-0.1, -0.05) is 35.3 Å². The smallest absolute Gasteiger partial charge is 0.0945 e. The molecule has 0 heterocycles. The second-order valence-corrected chi connectivity index (χ2v) is 5.89. The van der Waals surface area contributed by atoms with Crippen LogP contribution in [0.1, 0.15) is 25.3 Å². The highest BCUT2D eigenvalue weighted by atomic mass is 79.9. The lowest BCUT2D eigenvalue weighted by Gasteiger charge is -2.14. The van der Waals surface area contributed by atoms with Gasteiger partial charge in [0.15, 0.2) is 0 Å². The second-order valence-electron chi connectivity index (χ2n) is 5.04. The minimum absolute atomic E-state index is 0.317. The first-order valence-corrected chi connectivity index (χ1v) is 8.26. The zero-order valence-corrected chi connectivity index (χ0v) is 14.5. The number of aryl methyl sites for hydroxylation is 1. The SMILES string of the molecule is CCCCOCCOCC(O)CNc1ccc(C)c(Br)c1. The van der Waals surface area contributed by atoms with E-state index in [2.05, 4.69) is 28.2 Å². The third-order valence-electron chi connectivity index (χ3n) is 3.04. The number of halogens is 1. The predicted octanol–water partition coefficient (Wildman–Crippen LogP) is 3.36. The maximum atomic E-state index is 9.84. The van der Waals surface area contributed by atoms with Gasteiger partial charge in [0.25, 0.3) is 0 Å². The summed E-state index contributed by atoms with van der Waals surface area (Å²) in [5.74, 6) is 0. The van der Waals surface area contributed by atoms with Crippen LogP contribution < -0.4 is 5.32 Å². The summed E-state index contributed by atoms with van der Waals surface area (Å²) < 4.78 is 11.8. The van der Waals surface area contributed by atoms with Gasteiger partial charge in [-0.05, 0) is 31.0 Å². The van der Waals surface area contributed by atoms with Crippen molar-refractivity contribution in [1.29, 1.82) is 0 Å². The molecule has 1 atom stereocenters. The first-order valence-electron chi connectivity index (χ1n) is 7.47. The average Bonchev–Trinajstić information content (AvgIpc) is 2.47. The number of anilines is 1. The first kappa shape index (κ1) is 18.4. The van der Waals surface area contributed by atoms with Crippen molar-refractivity contribution in [2.24, 2.45) is 0 Å². The fourth-order valence-corrected chi connectivity index (χ4v) is 2.06. The summed E-state index contributed by atoms with van der Waals surface area (Å²) in [6.07, 6.45) is 1.69. The topological polar surface area (TPSA) is 50.7 Å². The van der Waals surface area contributed by atoms with Gasteiger partial charge in [-0.2, -0.15) is 0 Å². The number of ether oxygens (including phenoxy) is 2. The fraction of sp³-hybridized carbons (Fsp3) is 0.625. The molecule has 0 radical (unpaired) electrons. The summed E-state index contributed by atoms with van der Waals surface area (Å²) in [6, 6.07) is 6.03. The Morgan fingerprint density at radius 3 is 2.71 bits per heavy atom. The zero-order valence-electron chi connectivity index (χ0n) is 12.9. The summed E-state index contributed by atoms with van der Waals surface area (Å²) >= 11 is 3.49. The highest BCUT2D eigenvalue weighted by Gasteiger charge is 2.05. The standard InChI is InChI=1S/C16H26BrNO3/c1-3-4-7-20-8-9-21-12-15(19)11-18-14-6-5-13(2)16(17)10-14/h5-6,10,15,18-19H,3-4,7-9,11-12H2,1-2H3. The molecule has 0 aliphatic heterocycles. The van der Waals surface area contributed by atoms with E-state index in [1.807, 2.05) is 25.1 Å². The quantitative estimate of drug-likeness (QED) is 0.594. The largest absolute Gasteiger partial charge is 0.389 e. The Bertz CT molecular complexity index is 401. The molecule has 0 amide bonds. The molecule has 120 valence electrons. The predicted molar refractivity (Wildman–Crippen MR) is 89.9 cm³/mol. The number of benzene rings is 1. The minimum Gasteiger partial charge on any atom is -0.389 e. The number of aliphatic hydroxyl groups is 1. The van der Waals surface area contributed by atoms with E-state index in [0.29, 0.717) is 26.4 Å². The van der Waals surface area contributed by atoms with Gasteiger partial charge in [0.1, 0.15) is 0 Å². The number of aliphatic hydroxyl groups excluding tert-OH is 1. The molecule has 0 saturated carbocycles. The van der Waals surface area contributed by atoms with Crippen molar-refractivity contribution in [3.63, 3.8) is 0 Å². The molecule has 1 rings (SSSR count). The number of hydrogen-bond donors (Lipinski definition) is 2. The van der Waals surface area contributed by atoms with Gasteiger partial charge in [0.2, 0.25) is 0 Å². The molecule has 5 heteroatoms. The monoisotopic (exact) mass is 359 g/mol. The van der Waals surface area contributed by atoms with Crippen molar-refractivity contribution in [2.45, 2.75) is 32.8 Å². The van der Waals surface area contributed by atoms with Crippen molar-refractivity contribution >= 4 is 21.6 Å². The van der Waals surface area contributed by atoms with Gasteiger partial charge in [-0.3, -0.25) is 0 Å². The van der Waals surface area contributed by atoms with E-state index >= 15 is 0 Å². The number of nitrogens with one attached hydrogen (secondary N) is 1. The van der Waals surface area contributed by atoms with Crippen molar-refractivity contribution in [1.82, 2.24) is 0 Å². The van der Waals surface area contributed by atoms with Gasteiger partial charge in [-0.15, -0.1) is 0 Å². The van der Waals surface area contributed by atoms with Crippen LogP contribution in [0.25, 0.3) is 0 Å². The van der Waals surface area contributed by atoms with Crippen LogP contribution in [-0.2, 0) is 9.47 Å². The molecule has 1 aromatic rings. The van der Waals surface area contributed by atoms with Crippen LogP contribution in [0.4, 0.5) is 5.69 Å². The highest BCUT2D eigenvalue weighted by molar-refractivity contribution is 9.10. The molecule has 1 aromatic carbocycles. The van der Waals surface area contributed by atoms with E-state index in [-0.39, 0.29) is 0 Å². The van der Waals surface area contributed by atoms with Crippen molar-refractivity contribution in [3.8, 4) is 0 Å². The maximum absolute atomic E-state index is 9.84. The zero-order chi connectivity index (χ0) is 15.5. The fourth-order valence-electron chi connectivity index (χ4n) is 1.68. The molecule has 1 unspecified atom stereocenters. The highest BCUT2D eigenvalue weighted by Crippen LogP contribution is 2.20. The summed E-state index contributed by atoms with van der Waals surface area (Å²) in [5, 5.41) is 13.0. The van der Waals surface area contributed by atoms with E-state index in [1.54, 1.807) is 0 Å². The minimum atomic E-state index is -0.527. The third kappa shape index (κ3) is 8.41. The molecule has 0 saturated heterocycles. The van der Waals surface area contributed by atoms with Gasteiger partial charge in [0, 0.05) is 23.3 Å². The van der Waals surface area contributed by atoms with Crippen LogP contribution in [0.2, 0.25) is 0 Å². The van der Waals surface area contributed by atoms with E-state index in [9.17, 15) is 5.11 Å². The second kappa shape index (κ2) is 11.0. The average molecular weight is 360 g/mol. The molecule has 0 aliphatic rings. The molecular formula is C16H26BrNO3. The molecule has 21 heavy (non-hydrogen) atoms. The van der Waals surface area contributed by atoms with Gasteiger partial charge in [-0.25, -0.2) is 0 Å². The van der Waals surface area contributed by atoms with Crippen molar-refractivity contribution in [2.75, 3.05) is 38.3 Å². The Hall–Kier alpha value is -0.620. The first-order chi connectivity index (χ1) is 10.1. The van der Waals surface area contributed by atoms with Gasteiger partial charge < -0.3 is 19.9 Å². The molecule has 0 spiro atoms. The molecule has 4 nitrogen and oxygen atoms in total. The maximum Gasteiger partial charge on any atom is 0.0945 e. The van der Waals surface area contributed by atoms with Crippen molar-refractivity contribution < 1.29 is 14.6 Å². The Balaban J connectivity index is 2.08.